The van der Waals surface area contributed by atoms with Gasteiger partial charge >= 0.3 is 6.09 Å². The van der Waals surface area contributed by atoms with Gasteiger partial charge in [-0.05, 0) is 87.9 Å². The van der Waals surface area contributed by atoms with Gasteiger partial charge in [0.05, 0.1) is 6.54 Å². The largest absolute Gasteiger partial charge is 0.480 e. The van der Waals surface area contributed by atoms with E-state index in [-0.39, 0.29) is 18.6 Å². The molecule has 2 aliphatic heterocycles. The zero-order valence-corrected chi connectivity index (χ0v) is 19.2. The van der Waals surface area contributed by atoms with Crippen molar-refractivity contribution in [1.82, 2.24) is 15.3 Å². The Labute approximate surface area is 192 Å². The van der Waals surface area contributed by atoms with Crippen molar-refractivity contribution in [3.8, 4) is 5.75 Å². The molecule has 0 aromatic carbocycles. The average Bonchev–Trinajstić information content (AvgIpc) is 3.38. The molecule has 2 atom stereocenters. The van der Waals surface area contributed by atoms with Gasteiger partial charge in [-0.2, -0.15) is 0 Å². The molecule has 1 aliphatic carbocycles. The van der Waals surface area contributed by atoms with Crippen molar-refractivity contribution in [1.29, 1.82) is 0 Å². The highest BCUT2D eigenvalue weighted by Gasteiger charge is 2.34. The van der Waals surface area contributed by atoms with Crippen LogP contribution in [0.5, 0.6) is 5.75 Å². The van der Waals surface area contributed by atoms with Crippen LogP contribution in [0.1, 0.15) is 34.5 Å². The molecular weight excluding hydrogens is 422 g/mol. The number of ether oxygens (including phenoxy) is 2. The van der Waals surface area contributed by atoms with Gasteiger partial charge < -0.3 is 20.1 Å². The summed E-state index contributed by atoms with van der Waals surface area (Å²) in [5.41, 5.74) is 6.53. The maximum atomic E-state index is 12.4. The van der Waals surface area contributed by atoms with Gasteiger partial charge in [-0.25, -0.2) is 9.78 Å². The summed E-state index contributed by atoms with van der Waals surface area (Å²) in [6.07, 6.45) is 2.26. The molecule has 174 valence electrons. The number of pyridine rings is 2. The SMILES string of the molecule is Cc1nc(C)c2c(c1C)CC(CNCCC1CN(c3ccc4c(n3)NC(=O)CO4)C(=O)O1)C2. The Morgan fingerprint density at radius 2 is 1.94 bits per heavy atom. The van der Waals surface area contributed by atoms with Gasteiger partial charge in [-0.1, -0.05) is 0 Å². The van der Waals surface area contributed by atoms with Crippen molar-refractivity contribution in [3.05, 3.63) is 40.2 Å². The third-order valence-corrected chi connectivity index (χ3v) is 6.80. The van der Waals surface area contributed by atoms with Crippen molar-refractivity contribution in [2.75, 3.05) is 36.5 Å². The minimum absolute atomic E-state index is 0.0302. The highest BCUT2D eigenvalue weighted by atomic mass is 16.6. The lowest BCUT2D eigenvalue weighted by atomic mass is 10.0. The molecule has 2 N–H and O–H groups in total. The second kappa shape index (κ2) is 8.62. The first-order valence-corrected chi connectivity index (χ1v) is 11.5. The normalized spacial score (nSPS) is 21.4. The number of hydrogen-bond donors (Lipinski definition) is 2. The summed E-state index contributed by atoms with van der Waals surface area (Å²) in [7, 11) is 0. The van der Waals surface area contributed by atoms with Gasteiger partial charge in [-0.15, -0.1) is 0 Å². The molecular formula is C24H29N5O4. The minimum atomic E-state index is -0.421. The summed E-state index contributed by atoms with van der Waals surface area (Å²) in [4.78, 5) is 34.5. The number of carbonyl (C=O) groups excluding carboxylic acids is 2. The van der Waals surface area contributed by atoms with Crippen LogP contribution in [0.4, 0.5) is 16.4 Å². The topological polar surface area (TPSA) is 106 Å². The molecule has 9 nitrogen and oxygen atoms in total. The van der Waals surface area contributed by atoms with Crippen molar-refractivity contribution < 1.29 is 19.1 Å². The predicted octanol–water partition coefficient (Wildman–Crippen LogP) is 2.45. The van der Waals surface area contributed by atoms with Crippen molar-refractivity contribution in [2.24, 2.45) is 5.92 Å². The lowest BCUT2D eigenvalue weighted by Crippen LogP contribution is -2.30. The molecule has 0 spiro atoms. The number of amides is 2. The number of anilines is 2. The Hall–Kier alpha value is -3.20. The fourth-order valence-electron chi connectivity index (χ4n) is 4.94. The van der Waals surface area contributed by atoms with E-state index >= 15 is 0 Å². The van der Waals surface area contributed by atoms with E-state index in [9.17, 15) is 9.59 Å². The van der Waals surface area contributed by atoms with E-state index in [0.29, 0.717) is 29.8 Å². The van der Waals surface area contributed by atoms with Crippen LogP contribution in [0, 0.1) is 26.7 Å². The van der Waals surface area contributed by atoms with Gasteiger partial charge in [0.25, 0.3) is 5.91 Å². The van der Waals surface area contributed by atoms with Crippen LogP contribution < -0.4 is 20.3 Å². The van der Waals surface area contributed by atoms with E-state index < -0.39 is 6.09 Å². The number of carbonyl (C=O) groups is 2. The molecule has 2 aromatic rings. The monoisotopic (exact) mass is 451 g/mol. The Morgan fingerprint density at radius 3 is 2.79 bits per heavy atom. The summed E-state index contributed by atoms with van der Waals surface area (Å²) in [6.45, 7) is 8.48. The van der Waals surface area contributed by atoms with Crippen LogP contribution in [-0.2, 0) is 22.4 Å². The van der Waals surface area contributed by atoms with E-state index in [2.05, 4.69) is 41.4 Å². The first-order valence-electron chi connectivity index (χ1n) is 11.5. The zero-order valence-electron chi connectivity index (χ0n) is 19.2. The predicted molar refractivity (Wildman–Crippen MR) is 123 cm³/mol. The van der Waals surface area contributed by atoms with E-state index in [0.717, 1.165) is 43.7 Å². The lowest BCUT2D eigenvalue weighted by molar-refractivity contribution is -0.118. The minimum Gasteiger partial charge on any atom is -0.480 e. The van der Waals surface area contributed by atoms with Crippen molar-refractivity contribution in [2.45, 2.75) is 46.1 Å². The second-order valence-electron chi connectivity index (χ2n) is 9.10. The van der Waals surface area contributed by atoms with Gasteiger partial charge in [0, 0.05) is 11.4 Å². The first-order chi connectivity index (χ1) is 15.9. The molecule has 9 heteroatoms. The van der Waals surface area contributed by atoms with Crippen molar-refractivity contribution >= 4 is 23.6 Å². The third-order valence-electron chi connectivity index (χ3n) is 6.80. The molecule has 0 radical (unpaired) electrons. The molecule has 33 heavy (non-hydrogen) atoms. The number of hydrogen-bond acceptors (Lipinski definition) is 7. The Balaban J connectivity index is 1.11. The highest BCUT2D eigenvalue weighted by molar-refractivity contribution is 5.95. The summed E-state index contributed by atoms with van der Waals surface area (Å²) in [5, 5.41) is 6.22. The Kier molecular flexibility index (Phi) is 5.65. The molecule has 2 amide bonds. The van der Waals surface area contributed by atoms with Crippen LogP contribution in [-0.4, -0.2) is 54.3 Å². The lowest BCUT2D eigenvalue weighted by Gasteiger charge is -2.19. The number of aromatic nitrogens is 2. The van der Waals surface area contributed by atoms with Gasteiger partial charge in [0.2, 0.25) is 0 Å². The number of nitrogens with one attached hydrogen (secondary N) is 2. The molecule has 2 aromatic heterocycles. The number of cyclic esters (lactones) is 1. The molecule has 0 saturated carbocycles. The van der Waals surface area contributed by atoms with Crippen LogP contribution in [0.2, 0.25) is 0 Å². The Morgan fingerprint density at radius 1 is 1.12 bits per heavy atom. The molecule has 2 unspecified atom stereocenters. The van der Waals surface area contributed by atoms with Gasteiger partial charge in [-0.3, -0.25) is 14.7 Å². The van der Waals surface area contributed by atoms with Gasteiger partial charge in [0.15, 0.2) is 18.2 Å². The van der Waals surface area contributed by atoms with Crippen molar-refractivity contribution in [3.63, 3.8) is 0 Å². The van der Waals surface area contributed by atoms with E-state index in [1.165, 1.54) is 21.6 Å². The smallest absolute Gasteiger partial charge is 0.415 e. The average molecular weight is 452 g/mol. The van der Waals surface area contributed by atoms with Gasteiger partial charge in [0.1, 0.15) is 11.9 Å². The third kappa shape index (κ3) is 4.25. The molecule has 0 bridgehead atoms. The zero-order chi connectivity index (χ0) is 23.1. The summed E-state index contributed by atoms with van der Waals surface area (Å²) in [6, 6.07) is 3.41. The van der Waals surface area contributed by atoms with Crippen LogP contribution in [0.3, 0.4) is 0 Å². The molecule has 1 fully saturated rings. The first kappa shape index (κ1) is 21.6. The Bertz CT molecular complexity index is 1120. The van der Waals surface area contributed by atoms with E-state index in [4.69, 9.17) is 9.47 Å². The second-order valence-corrected chi connectivity index (χ2v) is 9.10. The number of aryl methyl sites for hydroxylation is 2. The quantitative estimate of drug-likeness (QED) is 0.650. The maximum absolute atomic E-state index is 12.4. The van der Waals surface area contributed by atoms with Crippen LogP contribution in [0.15, 0.2) is 12.1 Å². The number of nitrogens with zero attached hydrogens (tertiary/aromatic N) is 3. The van der Waals surface area contributed by atoms with E-state index in [1.807, 2.05) is 0 Å². The summed E-state index contributed by atoms with van der Waals surface area (Å²) >= 11 is 0. The summed E-state index contributed by atoms with van der Waals surface area (Å²) in [5.74, 6) is 1.58. The molecule has 4 heterocycles. The number of rotatable bonds is 6. The fraction of sp³-hybridized carbons (Fsp3) is 0.500. The van der Waals surface area contributed by atoms with Crippen LogP contribution >= 0.6 is 0 Å². The fourth-order valence-corrected chi connectivity index (χ4v) is 4.94. The standard InChI is InChI=1S/C24H29N5O4/c1-13-14(2)26-15(3)19-9-16(8-18(13)19)10-25-7-6-17-11-29(24(31)33-17)21-5-4-20-23(27-21)28-22(30)12-32-20/h4-5,16-17,25H,6-12H2,1-3H3,(H,27,28,30). The van der Waals surface area contributed by atoms with Crippen LogP contribution in [0.25, 0.3) is 0 Å². The van der Waals surface area contributed by atoms with E-state index in [1.54, 1.807) is 12.1 Å². The summed E-state index contributed by atoms with van der Waals surface area (Å²) < 4.78 is 10.9. The molecule has 5 rings (SSSR count). The highest BCUT2D eigenvalue weighted by Crippen LogP contribution is 2.32. The molecule has 3 aliphatic rings. The number of fused-ring (bicyclic) bond motifs is 2. The molecule has 1 saturated heterocycles. The maximum Gasteiger partial charge on any atom is 0.415 e.